The van der Waals surface area contributed by atoms with Gasteiger partial charge in [0.2, 0.25) is 0 Å². The quantitative estimate of drug-likeness (QED) is 0.798. The zero-order valence-electron chi connectivity index (χ0n) is 16.0. The highest BCUT2D eigenvalue weighted by atomic mass is 19.1. The summed E-state index contributed by atoms with van der Waals surface area (Å²) in [6.45, 7) is 7.12. The first-order valence-electron chi connectivity index (χ1n) is 8.81. The van der Waals surface area contributed by atoms with Crippen LogP contribution in [0.15, 0.2) is 36.5 Å². The second-order valence-corrected chi connectivity index (χ2v) is 5.82. The van der Waals surface area contributed by atoms with Crippen LogP contribution in [0.5, 0.6) is 11.5 Å². The first-order valence-corrected chi connectivity index (χ1v) is 8.81. The van der Waals surface area contributed by atoms with Gasteiger partial charge in [-0.3, -0.25) is 0 Å². The fourth-order valence-corrected chi connectivity index (χ4v) is 2.79. The minimum Gasteiger partial charge on any atom is -0.457 e. The van der Waals surface area contributed by atoms with E-state index in [0.717, 1.165) is 5.82 Å². The Kier molecular flexibility index (Phi) is 7.36. The predicted octanol–water partition coefficient (Wildman–Crippen LogP) is 4.20. The minimum atomic E-state index is -0.285. The smallest absolute Gasteiger partial charge is 0.132 e. The Morgan fingerprint density at radius 2 is 1.62 bits per heavy atom. The number of aromatic nitrogens is 1. The molecule has 0 radical (unpaired) electrons. The molecule has 0 bridgehead atoms. The molecule has 2 heterocycles. The third kappa shape index (κ3) is 4.71. The molecule has 26 heavy (non-hydrogen) atoms. The molecule has 6 heteroatoms. The summed E-state index contributed by atoms with van der Waals surface area (Å²) in [4.78, 5) is 6.48. The second-order valence-electron chi connectivity index (χ2n) is 5.82. The minimum absolute atomic E-state index is 0.00701. The molecule has 1 saturated heterocycles. The molecule has 2 atom stereocenters. The zero-order chi connectivity index (χ0) is 19.1. The van der Waals surface area contributed by atoms with E-state index in [2.05, 4.69) is 9.88 Å². The maximum atomic E-state index is 13.6. The van der Waals surface area contributed by atoms with Crippen LogP contribution in [0.1, 0.15) is 19.4 Å². The Morgan fingerprint density at radius 3 is 2.19 bits per heavy atom. The zero-order valence-corrected chi connectivity index (χ0v) is 16.0. The van der Waals surface area contributed by atoms with Crippen LogP contribution in [0.3, 0.4) is 0 Å². The lowest BCUT2D eigenvalue weighted by Gasteiger charge is -2.17. The van der Waals surface area contributed by atoms with Crippen LogP contribution < -0.4 is 9.64 Å². The van der Waals surface area contributed by atoms with E-state index in [1.807, 2.05) is 19.9 Å². The van der Waals surface area contributed by atoms with Crippen molar-refractivity contribution in [3.63, 3.8) is 0 Å². The average Bonchev–Trinajstić information content (AvgIpc) is 3.10. The lowest BCUT2D eigenvalue weighted by Crippen LogP contribution is -2.27. The van der Waals surface area contributed by atoms with Gasteiger partial charge in [-0.1, -0.05) is 19.9 Å². The molecule has 1 aliphatic rings. The van der Waals surface area contributed by atoms with E-state index in [0.29, 0.717) is 30.2 Å². The van der Waals surface area contributed by atoms with Gasteiger partial charge in [0.1, 0.15) is 35.3 Å². The number of anilines is 1. The van der Waals surface area contributed by atoms with Gasteiger partial charge >= 0.3 is 0 Å². The monoisotopic (exact) mass is 362 g/mol. The normalized spacial score (nSPS) is 19.1. The molecule has 2 unspecified atom stereocenters. The summed E-state index contributed by atoms with van der Waals surface area (Å²) in [5.41, 5.74) is 0.589. The molecule has 1 fully saturated rings. The van der Waals surface area contributed by atoms with Gasteiger partial charge < -0.3 is 19.1 Å². The molecule has 0 amide bonds. The van der Waals surface area contributed by atoms with Crippen molar-refractivity contribution in [3.8, 4) is 11.5 Å². The molecule has 0 N–H and O–H groups in total. The molecule has 0 aliphatic carbocycles. The van der Waals surface area contributed by atoms with Gasteiger partial charge in [0.25, 0.3) is 0 Å². The number of pyridine rings is 1. The lowest BCUT2D eigenvalue weighted by molar-refractivity contribution is -0.00461. The molecule has 5 nitrogen and oxygen atoms in total. The standard InChI is InChI=1S/C18H21FN2O3.C2H6/c1-12-4-5-13(8-15(12)19)24-14-6-7-20-18(9-14)21-10-16(22-2)17(11-21)23-3;1-2/h4-9,16-17H,10-11H2,1-3H3;1-2H3. The van der Waals surface area contributed by atoms with Crippen molar-refractivity contribution in [1.82, 2.24) is 4.98 Å². The van der Waals surface area contributed by atoms with Crippen molar-refractivity contribution < 1.29 is 18.6 Å². The molecular formula is C20H27FN2O3. The van der Waals surface area contributed by atoms with Crippen LogP contribution in [0, 0.1) is 12.7 Å². The molecule has 1 aromatic heterocycles. The van der Waals surface area contributed by atoms with Crippen LogP contribution in [0.4, 0.5) is 10.2 Å². The van der Waals surface area contributed by atoms with Crippen LogP contribution >= 0.6 is 0 Å². The van der Waals surface area contributed by atoms with Crippen molar-refractivity contribution >= 4 is 5.82 Å². The summed E-state index contributed by atoms with van der Waals surface area (Å²) in [5, 5.41) is 0. The third-order valence-electron chi connectivity index (χ3n) is 4.24. The highest BCUT2D eigenvalue weighted by Crippen LogP contribution is 2.28. The molecule has 0 spiro atoms. The van der Waals surface area contributed by atoms with E-state index >= 15 is 0 Å². The van der Waals surface area contributed by atoms with Crippen molar-refractivity contribution in [2.24, 2.45) is 0 Å². The van der Waals surface area contributed by atoms with Gasteiger partial charge in [-0.2, -0.15) is 0 Å². The number of ether oxygens (including phenoxy) is 3. The number of methoxy groups -OCH3 is 2. The number of rotatable bonds is 5. The van der Waals surface area contributed by atoms with E-state index in [-0.39, 0.29) is 18.0 Å². The Bertz CT molecular complexity index is 699. The third-order valence-corrected chi connectivity index (χ3v) is 4.24. The molecule has 142 valence electrons. The lowest BCUT2D eigenvalue weighted by atomic mass is 10.2. The number of benzene rings is 1. The van der Waals surface area contributed by atoms with Crippen molar-refractivity contribution in [3.05, 3.63) is 47.9 Å². The van der Waals surface area contributed by atoms with Crippen LogP contribution in [-0.2, 0) is 9.47 Å². The summed E-state index contributed by atoms with van der Waals surface area (Å²) < 4.78 is 30.3. The van der Waals surface area contributed by atoms with E-state index in [4.69, 9.17) is 14.2 Å². The van der Waals surface area contributed by atoms with E-state index < -0.39 is 0 Å². The van der Waals surface area contributed by atoms with Crippen LogP contribution in [-0.4, -0.2) is 44.5 Å². The molecule has 1 aliphatic heterocycles. The molecule has 2 aromatic rings. The summed E-state index contributed by atoms with van der Waals surface area (Å²) in [6, 6.07) is 8.41. The Balaban J connectivity index is 0.00000117. The Hall–Kier alpha value is -2.18. The van der Waals surface area contributed by atoms with Crippen molar-refractivity contribution in [1.29, 1.82) is 0 Å². The molecule has 0 saturated carbocycles. The van der Waals surface area contributed by atoms with Crippen molar-refractivity contribution in [2.75, 3.05) is 32.2 Å². The molecule has 1 aromatic carbocycles. The van der Waals surface area contributed by atoms with Gasteiger partial charge in [-0.15, -0.1) is 0 Å². The molecular weight excluding hydrogens is 335 g/mol. The fraction of sp³-hybridized carbons (Fsp3) is 0.450. The van der Waals surface area contributed by atoms with Gasteiger partial charge in [0, 0.05) is 45.6 Å². The van der Waals surface area contributed by atoms with E-state index in [1.165, 1.54) is 6.07 Å². The topological polar surface area (TPSA) is 43.8 Å². The summed E-state index contributed by atoms with van der Waals surface area (Å²) >= 11 is 0. The average molecular weight is 362 g/mol. The number of hydrogen-bond acceptors (Lipinski definition) is 5. The fourth-order valence-electron chi connectivity index (χ4n) is 2.79. The van der Waals surface area contributed by atoms with Crippen LogP contribution in [0.2, 0.25) is 0 Å². The number of hydrogen-bond donors (Lipinski definition) is 0. The van der Waals surface area contributed by atoms with Crippen molar-refractivity contribution in [2.45, 2.75) is 33.0 Å². The second kappa shape index (κ2) is 9.50. The summed E-state index contributed by atoms with van der Waals surface area (Å²) in [6.07, 6.45) is 1.69. The summed E-state index contributed by atoms with van der Waals surface area (Å²) in [7, 11) is 3.36. The van der Waals surface area contributed by atoms with Gasteiger partial charge in [-0.05, 0) is 24.6 Å². The van der Waals surface area contributed by atoms with E-state index in [9.17, 15) is 4.39 Å². The molecule has 3 rings (SSSR count). The first kappa shape index (κ1) is 20.1. The maximum absolute atomic E-state index is 13.6. The largest absolute Gasteiger partial charge is 0.457 e. The first-order chi connectivity index (χ1) is 12.6. The highest BCUT2D eigenvalue weighted by Gasteiger charge is 2.33. The Labute approximate surface area is 154 Å². The maximum Gasteiger partial charge on any atom is 0.132 e. The SMILES string of the molecule is CC.COC1CN(c2cc(Oc3ccc(C)c(F)c3)ccn2)CC1OC. The van der Waals surface area contributed by atoms with E-state index in [1.54, 1.807) is 45.5 Å². The number of aryl methyl sites for hydroxylation is 1. The number of halogens is 1. The summed E-state index contributed by atoms with van der Waals surface area (Å²) in [5.74, 6) is 1.56. The van der Waals surface area contributed by atoms with Gasteiger partial charge in [-0.25, -0.2) is 9.37 Å². The highest BCUT2D eigenvalue weighted by molar-refractivity contribution is 5.46. The number of nitrogens with zero attached hydrogens (tertiary/aromatic N) is 2. The Morgan fingerprint density at radius 1 is 1.00 bits per heavy atom. The van der Waals surface area contributed by atoms with Gasteiger partial charge in [0.05, 0.1) is 0 Å². The van der Waals surface area contributed by atoms with Gasteiger partial charge in [0.15, 0.2) is 0 Å². The predicted molar refractivity (Wildman–Crippen MR) is 101 cm³/mol. The van der Waals surface area contributed by atoms with Crippen LogP contribution in [0.25, 0.3) is 0 Å².